The number of ether oxygens (including phenoxy) is 2. The molecular formula is C16H20N2O2. The van der Waals surface area contributed by atoms with Gasteiger partial charge >= 0.3 is 0 Å². The van der Waals surface area contributed by atoms with E-state index in [0.29, 0.717) is 13.2 Å². The number of piperazine rings is 1. The average molecular weight is 272 g/mol. The summed E-state index contributed by atoms with van der Waals surface area (Å²) in [5, 5.41) is 0. The molecule has 20 heavy (non-hydrogen) atoms. The van der Waals surface area contributed by atoms with Crippen molar-refractivity contribution in [3.8, 4) is 23.8 Å². The Morgan fingerprint density at radius 2 is 1.70 bits per heavy atom. The van der Waals surface area contributed by atoms with Crippen LogP contribution >= 0.6 is 0 Å². The van der Waals surface area contributed by atoms with E-state index in [-0.39, 0.29) is 0 Å². The molecule has 0 N–H and O–H groups in total. The van der Waals surface area contributed by atoms with Crippen molar-refractivity contribution in [3.05, 3.63) is 23.8 Å². The van der Waals surface area contributed by atoms with E-state index in [1.54, 1.807) is 0 Å². The summed E-state index contributed by atoms with van der Waals surface area (Å²) in [4.78, 5) is 4.78. The normalized spacial score (nSPS) is 19.6. The Hall–Kier alpha value is -1.70. The molecule has 1 saturated heterocycles. The van der Waals surface area contributed by atoms with Crippen LogP contribution in [-0.4, -0.2) is 55.7 Å². The van der Waals surface area contributed by atoms with Gasteiger partial charge in [0.15, 0.2) is 11.5 Å². The van der Waals surface area contributed by atoms with Crippen LogP contribution in [0.2, 0.25) is 0 Å². The Morgan fingerprint density at radius 3 is 2.45 bits per heavy atom. The minimum absolute atomic E-state index is 0.640. The molecule has 0 bridgehead atoms. The van der Waals surface area contributed by atoms with Gasteiger partial charge in [-0.05, 0) is 17.7 Å². The summed E-state index contributed by atoms with van der Waals surface area (Å²) in [5.41, 5.74) is 1.28. The lowest BCUT2D eigenvalue weighted by atomic mass is 10.1. The monoisotopic (exact) mass is 272 g/mol. The number of nitrogens with zero attached hydrogens (tertiary/aromatic N) is 2. The highest BCUT2D eigenvalue weighted by molar-refractivity contribution is 5.43. The van der Waals surface area contributed by atoms with Crippen LogP contribution in [0.5, 0.6) is 11.5 Å². The second-order valence-corrected chi connectivity index (χ2v) is 5.23. The van der Waals surface area contributed by atoms with E-state index in [0.717, 1.165) is 50.8 Å². The number of fused-ring (bicyclic) bond motifs is 1. The second kappa shape index (κ2) is 6.17. The number of hydrogen-bond donors (Lipinski definition) is 0. The summed E-state index contributed by atoms with van der Waals surface area (Å²) >= 11 is 0. The van der Waals surface area contributed by atoms with Gasteiger partial charge in [-0.25, -0.2) is 0 Å². The number of hydrogen-bond acceptors (Lipinski definition) is 4. The molecule has 2 heterocycles. The zero-order chi connectivity index (χ0) is 13.8. The van der Waals surface area contributed by atoms with E-state index in [2.05, 4.69) is 27.9 Å². The molecule has 1 fully saturated rings. The molecule has 0 spiro atoms. The SMILES string of the molecule is C#CCN1CCN(Cc2ccc3c(c2)OCCO3)CC1. The lowest BCUT2D eigenvalue weighted by Gasteiger charge is -2.33. The van der Waals surface area contributed by atoms with Gasteiger partial charge in [-0.2, -0.15) is 0 Å². The molecule has 0 aliphatic carbocycles. The lowest BCUT2D eigenvalue weighted by molar-refractivity contribution is 0.138. The Kier molecular flexibility index (Phi) is 4.10. The van der Waals surface area contributed by atoms with Crippen molar-refractivity contribution >= 4 is 0 Å². The maximum Gasteiger partial charge on any atom is 0.161 e. The van der Waals surface area contributed by atoms with Crippen molar-refractivity contribution in [2.75, 3.05) is 45.9 Å². The van der Waals surface area contributed by atoms with Gasteiger partial charge in [-0.3, -0.25) is 9.80 Å². The van der Waals surface area contributed by atoms with Crippen LogP contribution in [-0.2, 0) is 6.54 Å². The first-order valence-corrected chi connectivity index (χ1v) is 7.12. The van der Waals surface area contributed by atoms with E-state index < -0.39 is 0 Å². The zero-order valence-corrected chi connectivity index (χ0v) is 11.7. The van der Waals surface area contributed by atoms with Crippen LogP contribution in [0.1, 0.15) is 5.56 Å². The maximum absolute atomic E-state index is 5.63. The van der Waals surface area contributed by atoms with Crippen molar-refractivity contribution < 1.29 is 9.47 Å². The predicted molar refractivity (Wildman–Crippen MR) is 78.0 cm³/mol. The molecule has 3 rings (SSSR count). The minimum atomic E-state index is 0.640. The van der Waals surface area contributed by atoms with Crippen LogP contribution in [0, 0.1) is 12.3 Å². The quantitative estimate of drug-likeness (QED) is 0.772. The highest BCUT2D eigenvalue weighted by atomic mass is 16.6. The van der Waals surface area contributed by atoms with Crippen LogP contribution in [0.3, 0.4) is 0 Å². The van der Waals surface area contributed by atoms with Gasteiger partial charge in [0, 0.05) is 32.7 Å². The first kappa shape index (κ1) is 13.3. The second-order valence-electron chi connectivity index (χ2n) is 5.23. The van der Waals surface area contributed by atoms with Gasteiger partial charge in [0.25, 0.3) is 0 Å². The molecular weight excluding hydrogens is 252 g/mol. The molecule has 0 aromatic heterocycles. The molecule has 0 radical (unpaired) electrons. The number of rotatable bonds is 3. The van der Waals surface area contributed by atoms with Gasteiger partial charge in [-0.1, -0.05) is 12.0 Å². The molecule has 1 aromatic rings. The summed E-state index contributed by atoms with van der Waals surface area (Å²) in [6, 6.07) is 6.24. The number of terminal acetylenes is 1. The summed E-state index contributed by atoms with van der Waals surface area (Å²) < 4.78 is 11.2. The zero-order valence-electron chi connectivity index (χ0n) is 11.7. The first-order chi connectivity index (χ1) is 9.85. The van der Waals surface area contributed by atoms with Crippen LogP contribution in [0.15, 0.2) is 18.2 Å². The lowest BCUT2D eigenvalue weighted by Crippen LogP contribution is -2.45. The topological polar surface area (TPSA) is 24.9 Å². The fourth-order valence-electron chi connectivity index (χ4n) is 2.68. The van der Waals surface area contributed by atoms with Crippen LogP contribution in [0.4, 0.5) is 0 Å². The Balaban J connectivity index is 1.57. The van der Waals surface area contributed by atoms with Gasteiger partial charge in [-0.15, -0.1) is 6.42 Å². The van der Waals surface area contributed by atoms with Crippen molar-refractivity contribution in [1.82, 2.24) is 9.80 Å². The summed E-state index contributed by atoms with van der Waals surface area (Å²) in [5.74, 6) is 4.45. The van der Waals surface area contributed by atoms with E-state index in [1.165, 1.54) is 5.56 Å². The smallest absolute Gasteiger partial charge is 0.161 e. The third-order valence-corrected chi connectivity index (χ3v) is 3.79. The van der Waals surface area contributed by atoms with Gasteiger partial charge in [0.05, 0.1) is 6.54 Å². The molecule has 0 amide bonds. The average Bonchev–Trinajstić information content (AvgIpc) is 2.49. The Bertz CT molecular complexity index is 502. The van der Waals surface area contributed by atoms with Gasteiger partial charge < -0.3 is 9.47 Å². The fourth-order valence-corrected chi connectivity index (χ4v) is 2.68. The summed E-state index contributed by atoms with van der Waals surface area (Å²) in [6.07, 6.45) is 5.35. The molecule has 106 valence electrons. The largest absolute Gasteiger partial charge is 0.486 e. The highest BCUT2D eigenvalue weighted by Crippen LogP contribution is 2.31. The van der Waals surface area contributed by atoms with E-state index >= 15 is 0 Å². The third kappa shape index (κ3) is 3.06. The van der Waals surface area contributed by atoms with E-state index in [1.807, 2.05) is 6.07 Å². The predicted octanol–water partition coefficient (Wildman–Crippen LogP) is 1.21. The third-order valence-electron chi connectivity index (χ3n) is 3.79. The molecule has 4 heteroatoms. The van der Waals surface area contributed by atoms with Crippen LogP contribution < -0.4 is 9.47 Å². The summed E-state index contributed by atoms with van der Waals surface area (Å²) in [6.45, 7) is 7.23. The highest BCUT2D eigenvalue weighted by Gasteiger charge is 2.17. The van der Waals surface area contributed by atoms with Crippen molar-refractivity contribution in [1.29, 1.82) is 0 Å². The molecule has 2 aliphatic heterocycles. The molecule has 0 atom stereocenters. The molecule has 2 aliphatic rings. The molecule has 0 saturated carbocycles. The summed E-state index contributed by atoms with van der Waals surface area (Å²) in [7, 11) is 0. The first-order valence-electron chi connectivity index (χ1n) is 7.12. The minimum Gasteiger partial charge on any atom is -0.486 e. The van der Waals surface area contributed by atoms with Crippen molar-refractivity contribution in [2.24, 2.45) is 0 Å². The van der Waals surface area contributed by atoms with Crippen LogP contribution in [0.25, 0.3) is 0 Å². The Morgan fingerprint density at radius 1 is 1.00 bits per heavy atom. The van der Waals surface area contributed by atoms with Crippen molar-refractivity contribution in [2.45, 2.75) is 6.54 Å². The standard InChI is InChI=1S/C16H20N2O2/c1-2-5-17-6-8-18(9-7-17)13-14-3-4-15-16(12-14)20-11-10-19-15/h1,3-4,12H,5-11,13H2. The van der Waals surface area contributed by atoms with Gasteiger partial charge in [0.2, 0.25) is 0 Å². The fraction of sp³-hybridized carbons (Fsp3) is 0.500. The van der Waals surface area contributed by atoms with Gasteiger partial charge in [0.1, 0.15) is 13.2 Å². The molecule has 1 aromatic carbocycles. The number of benzene rings is 1. The molecule has 0 unspecified atom stereocenters. The van der Waals surface area contributed by atoms with Crippen molar-refractivity contribution in [3.63, 3.8) is 0 Å². The van der Waals surface area contributed by atoms with E-state index in [9.17, 15) is 0 Å². The molecule has 4 nitrogen and oxygen atoms in total. The Labute approximate surface area is 120 Å². The van der Waals surface area contributed by atoms with E-state index in [4.69, 9.17) is 15.9 Å². The maximum atomic E-state index is 5.63.